The van der Waals surface area contributed by atoms with Gasteiger partial charge in [0.25, 0.3) is 0 Å². The van der Waals surface area contributed by atoms with Crippen molar-refractivity contribution in [2.24, 2.45) is 7.05 Å². The minimum Gasteiger partial charge on any atom is -0.508 e. The van der Waals surface area contributed by atoms with Gasteiger partial charge < -0.3 is 20.2 Å². The van der Waals surface area contributed by atoms with E-state index in [4.69, 9.17) is 0 Å². The Kier molecular flexibility index (Phi) is 7.99. The summed E-state index contributed by atoms with van der Waals surface area (Å²) in [5.74, 6) is -0.358. The normalized spacial score (nSPS) is 18.9. The highest BCUT2D eigenvalue weighted by Gasteiger charge is 2.51. The number of aryl methyl sites for hydroxylation is 1. The molecule has 2 aliphatic rings. The van der Waals surface area contributed by atoms with Crippen LogP contribution in [0.2, 0.25) is 0 Å². The van der Waals surface area contributed by atoms with Crippen molar-refractivity contribution >= 4 is 28.9 Å². The molecule has 3 heterocycles. The van der Waals surface area contributed by atoms with E-state index in [0.717, 1.165) is 22.2 Å². The van der Waals surface area contributed by atoms with E-state index in [9.17, 15) is 19.5 Å². The Balaban J connectivity index is 1.35. The van der Waals surface area contributed by atoms with Gasteiger partial charge >= 0.3 is 6.03 Å². The number of carbonyl (C=O) groups excluding carboxylic acids is 3. The van der Waals surface area contributed by atoms with Crippen molar-refractivity contribution in [3.05, 3.63) is 102 Å². The number of benzene rings is 3. The van der Waals surface area contributed by atoms with E-state index in [0.29, 0.717) is 12.1 Å². The van der Waals surface area contributed by atoms with Gasteiger partial charge in [0.05, 0.1) is 13.1 Å². The average molecular weight is 595 g/mol. The molecule has 2 atom stereocenters. The number of phenols is 1. The first-order valence-corrected chi connectivity index (χ1v) is 14.5. The standard InChI is InChI=1S/C32H34N8O4/c1-3-15-38-21-30(42)39-28(17-22-9-12-25(41)13-10-22)31(43)37(19-24-11-14-26-27(16-24)35-36(2)34-26)20-29(39)40(38)32(44)33-18-23-7-5-4-6-8-23/h3-14,16,28-29,41H,1,15,17-21H2,2H3,(H,33,44). The summed E-state index contributed by atoms with van der Waals surface area (Å²) in [5.41, 5.74) is 4.03. The third-order valence-electron chi connectivity index (χ3n) is 7.95. The number of hydrogen-bond acceptors (Lipinski definition) is 7. The topological polar surface area (TPSA) is 127 Å². The lowest BCUT2D eigenvalue weighted by molar-refractivity contribution is -0.189. The molecule has 0 spiro atoms. The van der Waals surface area contributed by atoms with Gasteiger partial charge in [0.2, 0.25) is 11.8 Å². The van der Waals surface area contributed by atoms with Crippen LogP contribution < -0.4 is 5.32 Å². The van der Waals surface area contributed by atoms with Crippen LogP contribution in [0.4, 0.5) is 4.79 Å². The molecule has 4 aromatic rings. The molecule has 12 heteroatoms. The molecule has 12 nitrogen and oxygen atoms in total. The van der Waals surface area contributed by atoms with Gasteiger partial charge in [0, 0.05) is 33.1 Å². The fourth-order valence-corrected chi connectivity index (χ4v) is 5.94. The Morgan fingerprint density at radius 3 is 2.48 bits per heavy atom. The molecular formula is C32H34N8O4. The Hall–Kier alpha value is -5.23. The van der Waals surface area contributed by atoms with Crippen LogP contribution in [-0.2, 0) is 36.1 Å². The van der Waals surface area contributed by atoms with Crippen LogP contribution in [0.5, 0.6) is 5.75 Å². The number of carbonyl (C=O) groups is 3. The van der Waals surface area contributed by atoms with Crippen molar-refractivity contribution < 1.29 is 19.5 Å². The number of fused-ring (bicyclic) bond motifs is 2. The summed E-state index contributed by atoms with van der Waals surface area (Å²) >= 11 is 0. The highest BCUT2D eigenvalue weighted by atomic mass is 16.3. The maximum Gasteiger partial charge on any atom is 0.334 e. The summed E-state index contributed by atoms with van der Waals surface area (Å²) < 4.78 is 0. The van der Waals surface area contributed by atoms with Gasteiger partial charge in [0.1, 0.15) is 29.0 Å². The quantitative estimate of drug-likeness (QED) is 0.300. The second-order valence-corrected chi connectivity index (χ2v) is 11.0. The Labute approximate surface area is 254 Å². The van der Waals surface area contributed by atoms with Gasteiger partial charge in [-0.2, -0.15) is 15.0 Å². The summed E-state index contributed by atoms with van der Waals surface area (Å²) in [7, 11) is 1.75. The van der Waals surface area contributed by atoms with Crippen molar-refractivity contribution in [2.45, 2.75) is 31.7 Å². The van der Waals surface area contributed by atoms with Crippen molar-refractivity contribution in [3.8, 4) is 5.75 Å². The monoisotopic (exact) mass is 594 g/mol. The maximum atomic E-state index is 14.2. The van der Waals surface area contributed by atoms with Gasteiger partial charge in [-0.1, -0.05) is 54.6 Å². The summed E-state index contributed by atoms with van der Waals surface area (Å²) in [5, 5.41) is 24.8. The molecule has 3 aromatic carbocycles. The molecule has 6 rings (SSSR count). The van der Waals surface area contributed by atoms with Crippen LogP contribution in [0.15, 0.2) is 85.5 Å². The van der Waals surface area contributed by atoms with E-state index >= 15 is 0 Å². The molecule has 2 N–H and O–H groups in total. The van der Waals surface area contributed by atoms with E-state index in [2.05, 4.69) is 22.1 Å². The molecule has 2 fully saturated rings. The highest BCUT2D eigenvalue weighted by Crippen LogP contribution is 2.30. The Bertz CT molecular complexity index is 1690. The van der Waals surface area contributed by atoms with Gasteiger partial charge in [-0.3, -0.25) is 9.59 Å². The number of piperazine rings is 1. The van der Waals surface area contributed by atoms with E-state index in [-0.39, 0.29) is 56.2 Å². The van der Waals surface area contributed by atoms with Crippen LogP contribution in [-0.4, -0.2) is 89.6 Å². The molecule has 0 saturated carbocycles. The number of urea groups is 1. The lowest BCUT2D eigenvalue weighted by Gasteiger charge is -2.55. The van der Waals surface area contributed by atoms with E-state index in [1.165, 1.54) is 4.80 Å². The largest absolute Gasteiger partial charge is 0.508 e. The molecule has 0 bridgehead atoms. The number of nitrogens with one attached hydrogen (secondary N) is 1. The van der Waals surface area contributed by atoms with Crippen molar-refractivity contribution in [2.75, 3.05) is 19.6 Å². The third kappa shape index (κ3) is 5.84. The summed E-state index contributed by atoms with van der Waals surface area (Å²) in [6, 6.07) is 20.6. The number of aromatic hydroxyl groups is 1. The van der Waals surface area contributed by atoms with Crippen LogP contribution in [0.25, 0.3) is 11.0 Å². The fraction of sp³-hybridized carbons (Fsp3) is 0.281. The Morgan fingerprint density at radius 1 is 1.00 bits per heavy atom. The number of hydrogen-bond donors (Lipinski definition) is 2. The molecule has 4 amide bonds. The molecule has 44 heavy (non-hydrogen) atoms. The predicted octanol–water partition coefficient (Wildman–Crippen LogP) is 2.41. The van der Waals surface area contributed by atoms with Gasteiger partial charge in [-0.05, 0) is 41.0 Å². The van der Waals surface area contributed by atoms with Crippen molar-refractivity contribution in [1.29, 1.82) is 0 Å². The molecule has 2 unspecified atom stereocenters. The lowest BCUT2D eigenvalue weighted by atomic mass is 9.98. The third-order valence-corrected chi connectivity index (χ3v) is 7.95. The molecule has 2 saturated heterocycles. The molecule has 1 aromatic heterocycles. The predicted molar refractivity (Wildman–Crippen MR) is 162 cm³/mol. The first-order valence-electron chi connectivity index (χ1n) is 14.5. The zero-order chi connectivity index (χ0) is 30.8. The van der Waals surface area contributed by atoms with Crippen LogP contribution in [0.1, 0.15) is 16.7 Å². The minimum atomic E-state index is -0.860. The zero-order valence-corrected chi connectivity index (χ0v) is 24.4. The fourth-order valence-electron chi connectivity index (χ4n) is 5.94. The second kappa shape index (κ2) is 12.2. The number of aromatic nitrogens is 3. The first-order chi connectivity index (χ1) is 21.3. The SMILES string of the molecule is C=CCN1CC(=O)N2C(Cc3ccc(O)cc3)C(=O)N(Cc3ccc4nn(C)nc4c3)CC2N1C(=O)NCc1ccccc1. The molecule has 0 aliphatic carbocycles. The lowest BCUT2D eigenvalue weighted by Crippen LogP contribution is -2.76. The molecule has 2 aliphatic heterocycles. The van der Waals surface area contributed by atoms with Gasteiger partial charge in [0.15, 0.2) is 0 Å². The van der Waals surface area contributed by atoms with Crippen LogP contribution in [0.3, 0.4) is 0 Å². The summed E-state index contributed by atoms with van der Waals surface area (Å²) in [6.07, 6.45) is 1.12. The minimum absolute atomic E-state index is 0.0794. The number of hydrazine groups is 1. The van der Waals surface area contributed by atoms with Crippen molar-refractivity contribution in [1.82, 2.24) is 40.1 Å². The molecule has 0 radical (unpaired) electrons. The van der Waals surface area contributed by atoms with Crippen molar-refractivity contribution in [3.63, 3.8) is 0 Å². The first kappa shape index (κ1) is 28.9. The van der Waals surface area contributed by atoms with E-state index in [1.807, 2.05) is 48.5 Å². The molecular weight excluding hydrogens is 560 g/mol. The molecule has 226 valence electrons. The van der Waals surface area contributed by atoms with Gasteiger partial charge in [-0.25, -0.2) is 14.8 Å². The van der Waals surface area contributed by atoms with Crippen LogP contribution in [0, 0.1) is 0 Å². The average Bonchev–Trinajstić information content (AvgIpc) is 3.39. The zero-order valence-electron chi connectivity index (χ0n) is 24.4. The highest BCUT2D eigenvalue weighted by molar-refractivity contribution is 5.92. The number of amides is 4. The second-order valence-electron chi connectivity index (χ2n) is 11.0. The summed E-state index contributed by atoms with van der Waals surface area (Å²) in [6.45, 7) is 4.70. The number of rotatable bonds is 8. The number of nitrogens with zero attached hydrogens (tertiary/aromatic N) is 7. The Morgan fingerprint density at radius 2 is 1.73 bits per heavy atom. The number of phenolic OH excluding ortho intramolecular Hbond substituents is 1. The van der Waals surface area contributed by atoms with Crippen LogP contribution >= 0.6 is 0 Å². The summed E-state index contributed by atoms with van der Waals surface area (Å²) in [4.78, 5) is 46.5. The maximum absolute atomic E-state index is 14.2. The van der Waals surface area contributed by atoms with Gasteiger partial charge in [-0.15, -0.1) is 6.58 Å². The smallest absolute Gasteiger partial charge is 0.334 e. The van der Waals surface area contributed by atoms with E-state index < -0.39 is 12.2 Å². The van der Waals surface area contributed by atoms with E-state index in [1.54, 1.807) is 57.2 Å².